The summed E-state index contributed by atoms with van der Waals surface area (Å²) in [6.45, 7) is 7.47. The smallest absolute Gasteiger partial charge is 0.432 e. The number of carbonyl (C=O) groups is 4. The van der Waals surface area contributed by atoms with Gasteiger partial charge in [-0.3, -0.25) is 23.5 Å². The molecule has 1 aliphatic heterocycles. The number of halogens is 2. The number of hydrogen-bond acceptors (Lipinski definition) is 8. The van der Waals surface area contributed by atoms with E-state index in [2.05, 4.69) is 18.4 Å². The Kier molecular flexibility index (Phi) is 10.8. The Hall–Kier alpha value is -3.55. The molecule has 12 nitrogen and oxygen atoms in total. The zero-order valence-corrected chi connectivity index (χ0v) is 28.7. The lowest BCUT2D eigenvalue weighted by atomic mass is 10.1. The van der Waals surface area contributed by atoms with Crippen LogP contribution < -0.4 is 10.6 Å². The molecule has 2 aromatic carbocycles. The Bertz CT molecular complexity index is 1730. The van der Waals surface area contributed by atoms with E-state index in [1.54, 1.807) is 19.9 Å². The molecular formula is C30H36ClFN3O9PSi. The molecule has 46 heavy (non-hydrogen) atoms. The lowest BCUT2D eigenvalue weighted by molar-refractivity contribution is -0.138. The van der Waals surface area contributed by atoms with Gasteiger partial charge in [0.05, 0.1) is 30.0 Å². The highest BCUT2D eigenvalue weighted by molar-refractivity contribution is 7.61. The summed E-state index contributed by atoms with van der Waals surface area (Å²) >= 11 is 5.86. The van der Waals surface area contributed by atoms with E-state index in [0.29, 0.717) is 23.1 Å². The third kappa shape index (κ3) is 8.23. The molecule has 2 atom stereocenters. The Morgan fingerprint density at radius 2 is 1.91 bits per heavy atom. The summed E-state index contributed by atoms with van der Waals surface area (Å²) < 4.78 is 43.4. The summed E-state index contributed by atoms with van der Waals surface area (Å²) in [6.07, 6.45) is 0.358. The number of benzene rings is 2. The van der Waals surface area contributed by atoms with Gasteiger partial charge in [-0.25, -0.2) is 9.18 Å². The van der Waals surface area contributed by atoms with Crippen LogP contribution in [0.25, 0.3) is 10.9 Å². The van der Waals surface area contributed by atoms with Crippen LogP contribution in [0.1, 0.15) is 36.7 Å². The van der Waals surface area contributed by atoms with Crippen molar-refractivity contribution < 1.29 is 47.0 Å². The predicted molar refractivity (Wildman–Crippen MR) is 171 cm³/mol. The number of aromatic nitrogens is 1. The number of ketones is 1. The van der Waals surface area contributed by atoms with Crippen LogP contribution >= 0.6 is 19.2 Å². The zero-order chi connectivity index (χ0) is 34.0. The van der Waals surface area contributed by atoms with Crippen LogP contribution in [-0.2, 0) is 41.2 Å². The van der Waals surface area contributed by atoms with Crippen LogP contribution in [0.3, 0.4) is 0 Å². The maximum atomic E-state index is 14.4. The van der Waals surface area contributed by atoms with E-state index < -0.39 is 58.4 Å². The number of nitrogens with one attached hydrogen (secondary N) is 1. The van der Waals surface area contributed by atoms with Gasteiger partial charge in [-0.1, -0.05) is 42.9 Å². The van der Waals surface area contributed by atoms with Crippen molar-refractivity contribution in [1.82, 2.24) is 14.8 Å². The molecule has 16 heteroatoms. The van der Waals surface area contributed by atoms with E-state index in [9.17, 15) is 33.0 Å². The number of amides is 2. The minimum Gasteiger partial charge on any atom is -0.432 e. The average Bonchev–Trinajstić information content (AvgIpc) is 3.49. The SMILES string of the molecule is CC(=O)c1cn(CC(=O)N2C[Si](C)(C)CC2C(=O)NCc2cccc(Cl)c2F)c2cc(P(=O)(O)OCOC(=O)OC(C)C)ccc12. The standard InChI is InChI=1S/C30H36ClFN3O9PSi/c1-18(2)44-30(39)42-17-43-45(40,41)21-9-10-22-23(19(3)36)13-34(25(22)11-21)14-27(37)35-16-46(4,5)15-26(35)29(38)33-12-20-7-6-8-24(31)28(20)32/h6-11,13,18,26H,12,14-17H2,1-5H3,(H,33,38)(H,40,41). The minimum atomic E-state index is -4.52. The minimum absolute atomic E-state index is 0.0613. The summed E-state index contributed by atoms with van der Waals surface area (Å²) in [4.78, 5) is 63.2. The Balaban J connectivity index is 1.55. The van der Waals surface area contributed by atoms with Crippen molar-refractivity contribution in [3.05, 3.63) is 64.6 Å². The molecule has 0 saturated carbocycles. The van der Waals surface area contributed by atoms with Gasteiger partial charge in [0.1, 0.15) is 18.4 Å². The highest BCUT2D eigenvalue weighted by Crippen LogP contribution is 2.41. The van der Waals surface area contributed by atoms with E-state index in [1.807, 2.05) is 0 Å². The second-order valence-electron chi connectivity index (χ2n) is 12.1. The number of rotatable bonds is 11. The van der Waals surface area contributed by atoms with Crippen molar-refractivity contribution in [1.29, 1.82) is 0 Å². The van der Waals surface area contributed by atoms with Crippen LogP contribution in [-0.4, -0.2) is 71.3 Å². The van der Waals surface area contributed by atoms with Crippen molar-refractivity contribution in [2.75, 3.05) is 13.0 Å². The van der Waals surface area contributed by atoms with E-state index in [4.69, 9.17) is 25.6 Å². The van der Waals surface area contributed by atoms with Gasteiger partial charge in [-0.15, -0.1) is 0 Å². The van der Waals surface area contributed by atoms with E-state index in [-0.39, 0.29) is 40.3 Å². The molecule has 4 rings (SSSR count). The molecule has 0 bridgehead atoms. The molecule has 1 aromatic heterocycles. The number of hydrogen-bond donors (Lipinski definition) is 2. The van der Waals surface area contributed by atoms with Crippen molar-refractivity contribution in [2.24, 2.45) is 0 Å². The lowest BCUT2D eigenvalue weighted by Gasteiger charge is -2.25. The van der Waals surface area contributed by atoms with Crippen LogP contribution in [0, 0.1) is 5.82 Å². The number of ether oxygens (including phenoxy) is 2. The van der Waals surface area contributed by atoms with Crippen LogP contribution in [0.4, 0.5) is 9.18 Å². The molecule has 1 aliphatic rings. The van der Waals surface area contributed by atoms with Gasteiger partial charge in [0.25, 0.3) is 0 Å². The third-order valence-corrected chi connectivity index (χ3v) is 11.8. The molecule has 0 radical (unpaired) electrons. The molecule has 0 spiro atoms. The first-order valence-corrected chi connectivity index (χ1v) is 19.8. The van der Waals surface area contributed by atoms with Crippen molar-refractivity contribution in [2.45, 2.75) is 65.1 Å². The normalized spacial score (nSPS) is 17.2. The fourth-order valence-electron chi connectivity index (χ4n) is 5.30. The summed E-state index contributed by atoms with van der Waals surface area (Å²) in [5.74, 6) is -1.74. The second-order valence-corrected chi connectivity index (χ2v) is 19.4. The Morgan fingerprint density at radius 3 is 2.59 bits per heavy atom. The quantitative estimate of drug-likeness (QED) is 0.0951. The molecule has 0 aliphatic carbocycles. The van der Waals surface area contributed by atoms with Gasteiger partial charge in [0.15, 0.2) is 5.78 Å². The number of carbonyl (C=O) groups excluding carboxylic acids is 4. The van der Waals surface area contributed by atoms with Crippen LogP contribution in [0.2, 0.25) is 24.2 Å². The molecule has 1 saturated heterocycles. The first-order valence-electron chi connectivity index (χ1n) is 14.4. The molecular weight excluding hydrogens is 660 g/mol. The first kappa shape index (κ1) is 35.3. The largest absolute Gasteiger partial charge is 0.510 e. The molecule has 248 valence electrons. The van der Waals surface area contributed by atoms with E-state index >= 15 is 0 Å². The van der Waals surface area contributed by atoms with Gasteiger partial charge in [-0.05, 0) is 45.0 Å². The number of nitrogens with zero attached hydrogens (tertiary/aromatic N) is 2. The summed E-state index contributed by atoms with van der Waals surface area (Å²) in [7, 11) is -6.53. The van der Waals surface area contributed by atoms with Gasteiger partial charge in [0, 0.05) is 35.4 Å². The molecule has 1 fully saturated rings. The van der Waals surface area contributed by atoms with Crippen LogP contribution in [0.5, 0.6) is 0 Å². The highest BCUT2D eigenvalue weighted by Gasteiger charge is 2.44. The Morgan fingerprint density at radius 1 is 1.20 bits per heavy atom. The summed E-state index contributed by atoms with van der Waals surface area (Å²) in [6, 6.07) is 8.33. The van der Waals surface area contributed by atoms with Gasteiger partial charge < -0.3 is 29.2 Å². The predicted octanol–water partition coefficient (Wildman–Crippen LogP) is 4.76. The summed E-state index contributed by atoms with van der Waals surface area (Å²) in [5, 5.41) is 2.94. The maximum Gasteiger partial charge on any atom is 0.510 e. The third-order valence-electron chi connectivity index (χ3n) is 7.44. The van der Waals surface area contributed by atoms with Gasteiger partial charge in [-0.2, -0.15) is 0 Å². The molecule has 3 aromatic rings. The molecule has 2 heterocycles. The van der Waals surface area contributed by atoms with E-state index in [0.717, 1.165) is 0 Å². The molecule has 2 N–H and O–H groups in total. The number of Topliss-reactive ketones (excluding diaryl/α,β-unsaturated/α-hetero) is 1. The monoisotopic (exact) mass is 695 g/mol. The van der Waals surface area contributed by atoms with Crippen LogP contribution in [0.15, 0.2) is 42.6 Å². The fraction of sp³-hybridized carbons (Fsp3) is 0.400. The average molecular weight is 696 g/mol. The van der Waals surface area contributed by atoms with Gasteiger partial charge >= 0.3 is 13.8 Å². The first-order chi connectivity index (χ1) is 21.5. The molecule has 2 unspecified atom stereocenters. The second kappa shape index (κ2) is 14.1. The number of fused-ring (bicyclic) bond motifs is 1. The van der Waals surface area contributed by atoms with Crippen molar-refractivity contribution in [3.8, 4) is 0 Å². The summed E-state index contributed by atoms with van der Waals surface area (Å²) in [5.41, 5.74) is 0.811. The van der Waals surface area contributed by atoms with E-state index in [1.165, 1.54) is 52.9 Å². The fourth-order valence-corrected chi connectivity index (χ4v) is 9.29. The molecule has 2 amide bonds. The maximum absolute atomic E-state index is 14.4. The zero-order valence-electron chi connectivity index (χ0n) is 26.0. The Labute approximate surface area is 271 Å². The topological polar surface area (TPSA) is 153 Å². The van der Waals surface area contributed by atoms with Crippen molar-refractivity contribution in [3.63, 3.8) is 0 Å². The van der Waals surface area contributed by atoms with Gasteiger partial charge in [0.2, 0.25) is 18.6 Å². The van der Waals surface area contributed by atoms with Crippen molar-refractivity contribution >= 4 is 67.2 Å². The lowest BCUT2D eigenvalue weighted by Crippen LogP contribution is -2.46. The highest BCUT2D eigenvalue weighted by atomic mass is 35.5.